The highest BCUT2D eigenvalue weighted by Gasteiger charge is 2.16. The van der Waals surface area contributed by atoms with Gasteiger partial charge in [0.25, 0.3) is 0 Å². The van der Waals surface area contributed by atoms with Gasteiger partial charge in [0.2, 0.25) is 0 Å². The summed E-state index contributed by atoms with van der Waals surface area (Å²) in [5.41, 5.74) is 2.36. The van der Waals surface area contributed by atoms with Crippen molar-refractivity contribution in [2.45, 2.75) is 12.8 Å². The Morgan fingerprint density at radius 1 is 1.38 bits per heavy atom. The van der Waals surface area contributed by atoms with Crippen LogP contribution in [0.2, 0.25) is 5.02 Å². The van der Waals surface area contributed by atoms with Crippen LogP contribution in [0.15, 0.2) is 36.5 Å². The summed E-state index contributed by atoms with van der Waals surface area (Å²) in [6.07, 6.45) is 2.30. The number of anilines is 1. The second kappa shape index (κ2) is 3.43. The molecule has 1 aromatic rings. The molecule has 0 aromatic heterocycles. The van der Waals surface area contributed by atoms with E-state index in [9.17, 15) is 0 Å². The highest BCUT2D eigenvalue weighted by molar-refractivity contribution is 6.30. The van der Waals surface area contributed by atoms with Gasteiger partial charge >= 0.3 is 0 Å². The van der Waals surface area contributed by atoms with Gasteiger partial charge in [-0.3, -0.25) is 0 Å². The van der Waals surface area contributed by atoms with Gasteiger partial charge in [0.1, 0.15) is 0 Å². The van der Waals surface area contributed by atoms with Crippen LogP contribution in [0.3, 0.4) is 0 Å². The van der Waals surface area contributed by atoms with Gasteiger partial charge < -0.3 is 4.90 Å². The third-order valence-electron chi connectivity index (χ3n) is 2.35. The summed E-state index contributed by atoms with van der Waals surface area (Å²) in [6.45, 7) is 5.09. The van der Waals surface area contributed by atoms with Crippen LogP contribution < -0.4 is 4.90 Å². The first-order chi connectivity index (χ1) is 6.27. The van der Waals surface area contributed by atoms with Gasteiger partial charge in [0.15, 0.2) is 0 Å². The zero-order valence-electron chi connectivity index (χ0n) is 7.46. The third-order valence-corrected chi connectivity index (χ3v) is 2.58. The van der Waals surface area contributed by atoms with Crippen molar-refractivity contribution < 1.29 is 0 Å². The highest BCUT2D eigenvalue weighted by Crippen LogP contribution is 2.28. The molecule has 0 amide bonds. The lowest BCUT2D eigenvalue weighted by atomic mass is 10.3. The number of nitrogens with zero attached hydrogens (tertiary/aromatic N) is 1. The fraction of sp³-hybridized carbons (Fsp3) is 0.273. The number of allylic oxidation sites excluding steroid dienone is 1. The van der Waals surface area contributed by atoms with Gasteiger partial charge in [-0.2, -0.15) is 0 Å². The summed E-state index contributed by atoms with van der Waals surface area (Å²) < 4.78 is 0. The summed E-state index contributed by atoms with van der Waals surface area (Å²) in [5, 5.41) is 0.789. The summed E-state index contributed by atoms with van der Waals surface area (Å²) in [7, 11) is 0. The Balaban J connectivity index is 2.29. The lowest BCUT2D eigenvalue weighted by Crippen LogP contribution is -2.14. The average Bonchev–Trinajstić information content (AvgIpc) is 2.51. The molecule has 0 unspecified atom stereocenters. The maximum absolute atomic E-state index is 5.91. The minimum Gasteiger partial charge on any atom is -0.346 e. The molecule has 1 aliphatic rings. The van der Waals surface area contributed by atoms with E-state index in [1.165, 1.54) is 12.1 Å². The maximum atomic E-state index is 5.91. The molecule has 0 saturated carbocycles. The first-order valence-corrected chi connectivity index (χ1v) is 4.86. The van der Waals surface area contributed by atoms with Crippen LogP contribution in [-0.4, -0.2) is 6.54 Å². The number of hydrogen-bond acceptors (Lipinski definition) is 1. The summed E-state index contributed by atoms with van der Waals surface area (Å²) in [6, 6.07) is 7.92. The van der Waals surface area contributed by atoms with Crippen molar-refractivity contribution >= 4 is 17.3 Å². The SMILES string of the molecule is C=C1CCCN1c1cccc(Cl)c1. The third kappa shape index (κ3) is 1.70. The van der Waals surface area contributed by atoms with Gasteiger partial charge in [0.05, 0.1) is 0 Å². The molecule has 0 N–H and O–H groups in total. The predicted molar refractivity (Wildman–Crippen MR) is 57.2 cm³/mol. The van der Waals surface area contributed by atoms with Gasteiger partial charge in [-0.1, -0.05) is 24.2 Å². The molecule has 1 aliphatic heterocycles. The molecule has 1 heterocycles. The molecule has 0 spiro atoms. The van der Waals surface area contributed by atoms with Crippen LogP contribution in [0.1, 0.15) is 12.8 Å². The Morgan fingerprint density at radius 2 is 2.23 bits per heavy atom. The van der Waals surface area contributed by atoms with Crippen LogP contribution in [-0.2, 0) is 0 Å². The van der Waals surface area contributed by atoms with Crippen molar-refractivity contribution in [2.75, 3.05) is 11.4 Å². The van der Waals surface area contributed by atoms with Crippen molar-refractivity contribution in [3.8, 4) is 0 Å². The zero-order valence-corrected chi connectivity index (χ0v) is 8.22. The second-order valence-corrected chi connectivity index (χ2v) is 3.74. The van der Waals surface area contributed by atoms with E-state index in [0.29, 0.717) is 0 Å². The highest BCUT2D eigenvalue weighted by atomic mass is 35.5. The second-order valence-electron chi connectivity index (χ2n) is 3.30. The maximum Gasteiger partial charge on any atom is 0.0426 e. The normalized spacial score (nSPS) is 16.7. The summed E-state index contributed by atoms with van der Waals surface area (Å²) >= 11 is 5.91. The molecule has 1 aromatic carbocycles. The van der Waals surface area contributed by atoms with E-state index in [1.807, 2.05) is 18.2 Å². The number of hydrogen-bond donors (Lipinski definition) is 0. The van der Waals surface area contributed by atoms with Crippen LogP contribution in [0.5, 0.6) is 0 Å². The Kier molecular flexibility index (Phi) is 2.28. The van der Waals surface area contributed by atoms with Crippen molar-refractivity contribution in [3.63, 3.8) is 0 Å². The average molecular weight is 194 g/mol. The van der Waals surface area contributed by atoms with E-state index in [1.54, 1.807) is 0 Å². The Hall–Kier alpha value is -0.950. The first-order valence-electron chi connectivity index (χ1n) is 4.48. The number of rotatable bonds is 1. The van der Waals surface area contributed by atoms with Gasteiger partial charge in [0, 0.05) is 23.0 Å². The molecular weight excluding hydrogens is 182 g/mol. The lowest BCUT2D eigenvalue weighted by Gasteiger charge is -2.19. The molecule has 1 fully saturated rings. The van der Waals surface area contributed by atoms with Crippen LogP contribution in [0, 0.1) is 0 Å². The predicted octanol–water partition coefficient (Wildman–Crippen LogP) is 3.45. The Morgan fingerprint density at radius 3 is 2.85 bits per heavy atom. The molecule has 0 atom stereocenters. The minimum absolute atomic E-state index is 0.789. The van der Waals surface area contributed by atoms with E-state index in [-0.39, 0.29) is 0 Å². The Labute approximate surface area is 83.6 Å². The smallest absolute Gasteiger partial charge is 0.0426 e. The number of halogens is 1. The van der Waals surface area contributed by atoms with Gasteiger partial charge in [-0.05, 0) is 31.0 Å². The molecule has 68 valence electrons. The lowest BCUT2D eigenvalue weighted by molar-refractivity contribution is 0.956. The summed E-state index contributed by atoms with van der Waals surface area (Å²) in [4.78, 5) is 2.23. The minimum atomic E-state index is 0.789. The van der Waals surface area contributed by atoms with Crippen LogP contribution >= 0.6 is 11.6 Å². The molecule has 2 heteroatoms. The van der Waals surface area contributed by atoms with E-state index in [2.05, 4.69) is 17.5 Å². The summed E-state index contributed by atoms with van der Waals surface area (Å²) in [5.74, 6) is 0. The monoisotopic (exact) mass is 193 g/mol. The van der Waals surface area contributed by atoms with Crippen molar-refractivity contribution in [1.29, 1.82) is 0 Å². The fourth-order valence-corrected chi connectivity index (χ4v) is 1.87. The number of benzene rings is 1. The Bertz CT molecular complexity index is 333. The topological polar surface area (TPSA) is 3.24 Å². The van der Waals surface area contributed by atoms with Crippen LogP contribution in [0.25, 0.3) is 0 Å². The van der Waals surface area contributed by atoms with Gasteiger partial charge in [-0.25, -0.2) is 0 Å². The van der Waals surface area contributed by atoms with Crippen molar-refractivity contribution in [3.05, 3.63) is 41.6 Å². The molecule has 0 radical (unpaired) electrons. The largest absolute Gasteiger partial charge is 0.346 e. The zero-order chi connectivity index (χ0) is 9.26. The van der Waals surface area contributed by atoms with Crippen molar-refractivity contribution in [1.82, 2.24) is 0 Å². The molecule has 0 aliphatic carbocycles. The van der Waals surface area contributed by atoms with Gasteiger partial charge in [-0.15, -0.1) is 0 Å². The van der Waals surface area contributed by atoms with E-state index in [4.69, 9.17) is 11.6 Å². The van der Waals surface area contributed by atoms with E-state index in [0.717, 1.165) is 23.7 Å². The quantitative estimate of drug-likeness (QED) is 0.661. The first kappa shape index (κ1) is 8.64. The molecule has 2 rings (SSSR count). The standard InChI is InChI=1S/C11H12ClN/c1-9-4-3-7-13(9)11-6-2-5-10(12)8-11/h2,5-6,8H,1,3-4,7H2. The molecule has 13 heavy (non-hydrogen) atoms. The van der Waals surface area contributed by atoms with Crippen molar-refractivity contribution in [2.24, 2.45) is 0 Å². The molecule has 1 nitrogen and oxygen atoms in total. The molecule has 0 bridgehead atoms. The fourth-order valence-electron chi connectivity index (χ4n) is 1.69. The van der Waals surface area contributed by atoms with E-state index < -0.39 is 0 Å². The molecule has 1 saturated heterocycles. The molecular formula is C11H12ClN. The van der Waals surface area contributed by atoms with Crippen LogP contribution in [0.4, 0.5) is 5.69 Å². The van der Waals surface area contributed by atoms with E-state index >= 15 is 0 Å².